The predicted molar refractivity (Wildman–Crippen MR) is 67.5 cm³/mol. The molecule has 1 aromatic rings. The van der Waals surface area contributed by atoms with Crippen LogP contribution in [-0.2, 0) is 6.42 Å². The van der Waals surface area contributed by atoms with Crippen LogP contribution in [0.4, 0.5) is 0 Å². The lowest BCUT2D eigenvalue weighted by molar-refractivity contribution is 0.390. The van der Waals surface area contributed by atoms with Crippen molar-refractivity contribution in [2.75, 3.05) is 20.8 Å². The minimum atomic E-state index is -0.0349. The van der Waals surface area contributed by atoms with Crippen molar-refractivity contribution in [1.29, 1.82) is 0 Å². The Morgan fingerprint density at radius 1 is 1.25 bits per heavy atom. The van der Waals surface area contributed by atoms with E-state index in [9.17, 15) is 0 Å². The van der Waals surface area contributed by atoms with Crippen LogP contribution in [0.25, 0.3) is 0 Å². The van der Waals surface area contributed by atoms with Crippen LogP contribution in [0.3, 0.4) is 0 Å². The van der Waals surface area contributed by atoms with Crippen molar-refractivity contribution < 1.29 is 9.47 Å². The molecule has 0 heterocycles. The average Bonchev–Trinajstić information content (AvgIpc) is 2.29. The SMILES string of the molecule is COc1ccc(CC(N)CN)c(OC)c1.Cl. The van der Waals surface area contributed by atoms with E-state index >= 15 is 0 Å². The van der Waals surface area contributed by atoms with E-state index in [4.69, 9.17) is 20.9 Å². The van der Waals surface area contributed by atoms with Crippen LogP contribution < -0.4 is 20.9 Å². The Kier molecular flexibility index (Phi) is 6.88. The lowest BCUT2D eigenvalue weighted by atomic mass is 10.1. The molecule has 0 spiro atoms. The van der Waals surface area contributed by atoms with Crippen molar-refractivity contribution in [3.8, 4) is 11.5 Å². The van der Waals surface area contributed by atoms with E-state index in [2.05, 4.69) is 0 Å². The minimum Gasteiger partial charge on any atom is -0.497 e. The summed E-state index contributed by atoms with van der Waals surface area (Å²) in [5.41, 5.74) is 12.3. The molecule has 0 saturated carbocycles. The van der Waals surface area contributed by atoms with Gasteiger partial charge < -0.3 is 20.9 Å². The van der Waals surface area contributed by atoms with Crippen molar-refractivity contribution in [3.63, 3.8) is 0 Å². The molecule has 16 heavy (non-hydrogen) atoms. The highest BCUT2D eigenvalue weighted by molar-refractivity contribution is 5.85. The summed E-state index contributed by atoms with van der Waals surface area (Å²) in [6.45, 7) is 0.467. The zero-order chi connectivity index (χ0) is 11.3. The molecular weight excluding hydrogens is 228 g/mol. The normalized spacial score (nSPS) is 11.5. The number of hydrogen-bond acceptors (Lipinski definition) is 4. The van der Waals surface area contributed by atoms with Gasteiger partial charge in [-0.15, -0.1) is 12.4 Å². The fourth-order valence-electron chi connectivity index (χ4n) is 1.39. The van der Waals surface area contributed by atoms with Gasteiger partial charge in [-0.3, -0.25) is 0 Å². The molecule has 1 atom stereocenters. The molecule has 4 N–H and O–H groups in total. The molecule has 4 nitrogen and oxygen atoms in total. The van der Waals surface area contributed by atoms with Gasteiger partial charge in [0.1, 0.15) is 11.5 Å². The van der Waals surface area contributed by atoms with Crippen LogP contribution in [0.1, 0.15) is 5.56 Å². The third-order valence-electron chi connectivity index (χ3n) is 2.28. The van der Waals surface area contributed by atoms with E-state index in [-0.39, 0.29) is 18.4 Å². The Balaban J connectivity index is 0.00000225. The molecule has 0 radical (unpaired) electrons. The molecule has 0 aromatic heterocycles. The molecule has 1 unspecified atom stereocenters. The largest absolute Gasteiger partial charge is 0.497 e. The van der Waals surface area contributed by atoms with Crippen LogP contribution in [0.5, 0.6) is 11.5 Å². The molecule has 0 fully saturated rings. The second-order valence-electron chi connectivity index (χ2n) is 3.38. The highest BCUT2D eigenvalue weighted by Gasteiger charge is 2.08. The van der Waals surface area contributed by atoms with Gasteiger partial charge in [-0.25, -0.2) is 0 Å². The van der Waals surface area contributed by atoms with E-state index in [1.807, 2.05) is 18.2 Å². The monoisotopic (exact) mass is 246 g/mol. The second kappa shape index (κ2) is 7.33. The fraction of sp³-hybridized carbons (Fsp3) is 0.455. The van der Waals surface area contributed by atoms with Gasteiger partial charge in [0.25, 0.3) is 0 Å². The van der Waals surface area contributed by atoms with Crippen molar-refractivity contribution in [1.82, 2.24) is 0 Å². The van der Waals surface area contributed by atoms with Crippen LogP contribution in [0.15, 0.2) is 18.2 Å². The Hall–Kier alpha value is -0.970. The van der Waals surface area contributed by atoms with Gasteiger partial charge >= 0.3 is 0 Å². The number of nitrogens with two attached hydrogens (primary N) is 2. The Labute approximate surface area is 102 Å². The average molecular weight is 247 g/mol. The molecule has 5 heteroatoms. The number of halogens is 1. The van der Waals surface area contributed by atoms with Gasteiger partial charge in [0.05, 0.1) is 14.2 Å². The Morgan fingerprint density at radius 3 is 2.44 bits per heavy atom. The standard InChI is InChI=1S/C11H18N2O2.ClH/c1-14-10-4-3-8(5-9(13)7-12)11(6-10)15-2;/h3-4,6,9H,5,7,12-13H2,1-2H3;1H. The smallest absolute Gasteiger partial charge is 0.125 e. The first kappa shape index (κ1) is 15.0. The summed E-state index contributed by atoms with van der Waals surface area (Å²) >= 11 is 0. The maximum absolute atomic E-state index is 5.79. The zero-order valence-electron chi connectivity index (χ0n) is 9.60. The fourth-order valence-corrected chi connectivity index (χ4v) is 1.39. The number of methoxy groups -OCH3 is 2. The maximum atomic E-state index is 5.79. The van der Waals surface area contributed by atoms with E-state index in [0.717, 1.165) is 17.1 Å². The Morgan fingerprint density at radius 2 is 1.94 bits per heavy atom. The van der Waals surface area contributed by atoms with E-state index in [0.29, 0.717) is 13.0 Å². The highest BCUT2D eigenvalue weighted by Crippen LogP contribution is 2.25. The van der Waals surface area contributed by atoms with Crippen molar-refractivity contribution >= 4 is 12.4 Å². The molecule has 0 aliphatic carbocycles. The Bertz CT molecular complexity index is 321. The minimum absolute atomic E-state index is 0. The van der Waals surface area contributed by atoms with Gasteiger partial charge in [-0.2, -0.15) is 0 Å². The second-order valence-corrected chi connectivity index (χ2v) is 3.38. The molecule has 0 saturated heterocycles. The third-order valence-corrected chi connectivity index (χ3v) is 2.28. The quantitative estimate of drug-likeness (QED) is 0.812. The maximum Gasteiger partial charge on any atom is 0.125 e. The molecule has 0 aliphatic heterocycles. The summed E-state index contributed by atoms with van der Waals surface area (Å²) in [5, 5.41) is 0. The van der Waals surface area contributed by atoms with Crippen molar-refractivity contribution in [2.24, 2.45) is 11.5 Å². The van der Waals surface area contributed by atoms with Gasteiger partial charge in [0, 0.05) is 18.7 Å². The molecule has 1 aromatic carbocycles. The van der Waals surface area contributed by atoms with E-state index < -0.39 is 0 Å². The summed E-state index contributed by atoms with van der Waals surface area (Å²) in [7, 11) is 3.26. The first-order chi connectivity index (χ1) is 7.21. The molecule has 1 rings (SSSR count). The lowest BCUT2D eigenvalue weighted by Crippen LogP contribution is -2.31. The first-order valence-corrected chi connectivity index (χ1v) is 4.87. The van der Waals surface area contributed by atoms with Crippen LogP contribution in [0.2, 0.25) is 0 Å². The number of hydrogen-bond donors (Lipinski definition) is 2. The predicted octanol–water partition coefficient (Wildman–Crippen LogP) is 0.954. The first-order valence-electron chi connectivity index (χ1n) is 4.87. The van der Waals surface area contributed by atoms with Gasteiger partial charge in [0.2, 0.25) is 0 Å². The topological polar surface area (TPSA) is 70.5 Å². The van der Waals surface area contributed by atoms with Gasteiger partial charge in [-0.05, 0) is 18.1 Å². The van der Waals surface area contributed by atoms with Crippen molar-refractivity contribution in [3.05, 3.63) is 23.8 Å². The van der Waals surface area contributed by atoms with Crippen LogP contribution in [-0.4, -0.2) is 26.8 Å². The van der Waals surface area contributed by atoms with Crippen LogP contribution in [0, 0.1) is 0 Å². The zero-order valence-corrected chi connectivity index (χ0v) is 10.4. The molecule has 0 aliphatic rings. The van der Waals surface area contributed by atoms with E-state index in [1.54, 1.807) is 14.2 Å². The highest BCUT2D eigenvalue weighted by atomic mass is 35.5. The van der Waals surface area contributed by atoms with Crippen LogP contribution >= 0.6 is 12.4 Å². The molecular formula is C11H19ClN2O2. The number of ether oxygens (including phenoxy) is 2. The summed E-state index contributed by atoms with van der Waals surface area (Å²) in [5.74, 6) is 1.56. The summed E-state index contributed by atoms with van der Waals surface area (Å²) in [6, 6.07) is 5.65. The summed E-state index contributed by atoms with van der Waals surface area (Å²) < 4.78 is 10.4. The van der Waals surface area contributed by atoms with E-state index in [1.165, 1.54) is 0 Å². The molecule has 0 bridgehead atoms. The molecule has 0 amide bonds. The van der Waals surface area contributed by atoms with Crippen molar-refractivity contribution in [2.45, 2.75) is 12.5 Å². The number of benzene rings is 1. The summed E-state index contributed by atoms with van der Waals surface area (Å²) in [4.78, 5) is 0. The summed E-state index contributed by atoms with van der Waals surface area (Å²) in [6.07, 6.45) is 0.712. The number of rotatable bonds is 5. The van der Waals surface area contributed by atoms with Gasteiger partial charge in [0.15, 0.2) is 0 Å². The lowest BCUT2D eigenvalue weighted by Gasteiger charge is -2.13. The third kappa shape index (κ3) is 3.89. The van der Waals surface area contributed by atoms with Gasteiger partial charge in [-0.1, -0.05) is 6.07 Å². The molecule has 92 valence electrons.